The van der Waals surface area contributed by atoms with Gasteiger partial charge in [-0.25, -0.2) is 13.2 Å². The van der Waals surface area contributed by atoms with Gasteiger partial charge in [-0.2, -0.15) is 0 Å². The molecular weight excluding hydrogens is 483 g/mol. The van der Waals surface area contributed by atoms with Gasteiger partial charge in [-0.1, -0.05) is 23.7 Å². The van der Waals surface area contributed by atoms with E-state index in [-0.39, 0.29) is 41.7 Å². The zero-order chi connectivity index (χ0) is 26.0. The lowest BCUT2D eigenvalue weighted by Crippen LogP contribution is -2.59. The van der Waals surface area contributed by atoms with Crippen LogP contribution in [0, 0.1) is 11.2 Å². The summed E-state index contributed by atoms with van der Waals surface area (Å²) in [6, 6.07) is 11.5. The molecule has 2 aliphatic carbocycles. The van der Waals surface area contributed by atoms with Crippen molar-refractivity contribution in [2.75, 3.05) is 18.5 Å². The van der Waals surface area contributed by atoms with E-state index in [1.165, 1.54) is 12.1 Å². The fourth-order valence-corrected chi connectivity index (χ4v) is 5.49. The van der Waals surface area contributed by atoms with Crippen LogP contribution in [0.25, 0.3) is 11.3 Å². The summed E-state index contributed by atoms with van der Waals surface area (Å²) in [5, 5.41) is 15.1. The van der Waals surface area contributed by atoms with Crippen LogP contribution in [-0.2, 0) is 6.42 Å². The molecule has 2 aliphatic rings. The minimum atomic E-state index is -2.53. The lowest BCUT2D eigenvalue weighted by molar-refractivity contribution is -0.197. The van der Waals surface area contributed by atoms with Crippen molar-refractivity contribution in [3.05, 3.63) is 59.7 Å². The minimum Gasteiger partial charge on any atom is -0.361 e. The molecule has 0 bridgehead atoms. The molecule has 2 heterocycles. The van der Waals surface area contributed by atoms with Crippen LogP contribution >= 0.6 is 0 Å². The van der Waals surface area contributed by atoms with Crippen molar-refractivity contribution in [3.8, 4) is 11.3 Å². The van der Waals surface area contributed by atoms with Crippen LogP contribution in [0.4, 0.5) is 19.0 Å². The molecule has 0 atom stereocenters. The van der Waals surface area contributed by atoms with E-state index in [0.717, 1.165) is 38.0 Å². The Morgan fingerprint density at radius 3 is 2.62 bits per heavy atom. The predicted octanol–water partition coefficient (Wildman–Crippen LogP) is 5.43. The van der Waals surface area contributed by atoms with Gasteiger partial charge in [-0.05, 0) is 55.4 Å². The molecule has 7 nitrogen and oxygen atoms in total. The van der Waals surface area contributed by atoms with Gasteiger partial charge in [0.2, 0.25) is 5.92 Å². The monoisotopic (exact) mass is 513 g/mol. The Balaban J connectivity index is 0.998. The molecule has 37 heavy (non-hydrogen) atoms. The Bertz CT molecular complexity index is 1230. The number of aryl methyl sites for hydroxylation is 1. The third kappa shape index (κ3) is 5.94. The normalized spacial score (nSPS) is 17.7. The number of amides is 1. The average Bonchev–Trinajstić information content (AvgIpc) is 3.30. The number of carbonyl (C=O) groups is 1. The molecule has 1 amide bonds. The molecule has 2 fully saturated rings. The van der Waals surface area contributed by atoms with Gasteiger partial charge in [-0.3, -0.25) is 4.79 Å². The van der Waals surface area contributed by atoms with Gasteiger partial charge in [0.15, 0.2) is 11.5 Å². The molecule has 0 radical (unpaired) electrons. The van der Waals surface area contributed by atoms with Crippen LogP contribution in [0.5, 0.6) is 0 Å². The van der Waals surface area contributed by atoms with Crippen LogP contribution in [0.15, 0.2) is 47.0 Å². The van der Waals surface area contributed by atoms with E-state index in [1.807, 2.05) is 18.0 Å². The first-order valence-corrected chi connectivity index (χ1v) is 12.7. The summed E-state index contributed by atoms with van der Waals surface area (Å²) in [6.07, 6.45) is 4.67. The molecule has 2 saturated carbocycles. The van der Waals surface area contributed by atoms with Crippen LogP contribution in [0.1, 0.15) is 61.2 Å². The van der Waals surface area contributed by atoms with Crippen LogP contribution in [-0.4, -0.2) is 46.8 Å². The first-order chi connectivity index (χ1) is 17.7. The van der Waals surface area contributed by atoms with E-state index in [1.54, 1.807) is 24.3 Å². The van der Waals surface area contributed by atoms with Gasteiger partial charge in [0, 0.05) is 50.5 Å². The van der Waals surface area contributed by atoms with Crippen LogP contribution in [0.3, 0.4) is 0 Å². The number of aromatic nitrogens is 3. The molecule has 2 aromatic heterocycles. The summed E-state index contributed by atoms with van der Waals surface area (Å²) in [7, 11) is 1.92. The van der Waals surface area contributed by atoms with Gasteiger partial charge >= 0.3 is 0 Å². The summed E-state index contributed by atoms with van der Waals surface area (Å²) in [5.74, 6) is -1.71. The molecule has 196 valence electrons. The first kappa shape index (κ1) is 25.2. The largest absolute Gasteiger partial charge is 0.361 e. The Morgan fingerprint density at radius 1 is 1.11 bits per heavy atom. The molecule has 0 aliphatic heterocycles. The van der Waals surface area contributed by atoms with E-state index in [0.29, 0.717) is 29.9 Å². The maximum Gasteiger partial charge on any atom is 0.272 e. The van der Waals surface area contributed by atoms with Gasteiger partial charge in [-0.15, -0.1) is 10.2 Å². The minimum absolute atomic E-state index is 0.0647. The fourth-order valence-electron chi connectivity index (χ4n) is 5.49. The lowest BCUT2D eigenvalue weighted by atomic mass is 9.52. The van der Waals surface area contributed by atoms with Crippen molar-refractivity contribution in [2.45, 2.75) is 63.3 Å². The van der Waals surface area contributed by atoms with Crippen molar-refractivity contribution in [1.82, 2.24) is 20.7 Å². The molecule has 5 rings (SSSR count). The third-order valence-corrected chi connectivity index (χ3v) is 7.33. The van der Waals surface area contributed by atoms with Gasteiger partial charge in [0.25, 0.3) is 5.91 Å². The second-order valence-corrected chi connectivity index (χ2v) is 10.5. The second kappa shape index (κ2) is 10.1. The number of nitrogens with zero attached hydrogens (tertiary/aromatic N) is 4. The molecule has 1 N–H and O–H groups in total. The summed E-state index contributed by atoms with van der Waals surface area (Å²) in [5.41, 5.74) is 1.27. The summed E-state index contributed by atoms with van der Waals surface area (Å²) < 4.78 is 45.1. The third-order valence-electron chi connectivity index (χ3n) is 7.33. The van der Waals surface area contributed by atoms with E-state index < -0.39 is 5.92 Å². The van der Waals surface area contributed by atoms with E-state index in [2.05, 4.69) is 20.7 Å². The smallest absolute Gasteiger partial charge is 0.272 e. The highest BCUT2D eigenvalue weighted by molar-refractivity contribution is 5.92. The molecule has 1 aromatic carbocycles. The van der Waals surface area contributed by atoms with Gasteiger partial charge < -0.3 is 14.7 Å². The number of halogens is 3. The maximum atomic E-state index is 13.4. The standard InChI is InChI=1S/C27H30F3N5O2/c1-35(11-4-2-3-8-21-13-23(34-37-21)18-6-5-7-19(28)12-18)24-10-9-22(32-33-24)25(36)31-20-14-26(15-20)16-27(29,30)17-26/h5-7,9-10,12-13,20H,2-4,8,11,14-17H2,1H3,(H,31,36). The maximum absolute atomic E-state index is 13.4. The summed E-state index contributed by atoms with van der Waals surface area (Å²) in [4.78, 5) is 14.4. The van der Waals surface area contributed by atoms with E-state index in [9.17, 15) is 18.0 Å². The number of carbonyl (C=O) groups excluding carboxylic acids is 1. The number of hydrogen-bond donors (Lipinski definition) is 1. The molecule has 0 saturated heterocycles. The number of alkyl halides is 2. The lowest BCUT2D eigenvalue weighted by Gasteiger charge is -2.57. The highest BCUT2D eigenvalue weighted by Crippen LogP contribution is 2.62. The van der Waals surface area contributed by atoms with Crippen LogP contribution in [0.2, 0.25) is 0 Å². The Labute approximate surface area is 213 Å². The first-order valence-electron chi connectivity index (χ1n) is 12.7. The SMILES string of the molecule is CN(CCCCCc1cc(-c2cccc(F)c2)no1)c1ccc(C(=O)NC2CC3(C2)CC(F)(F)C3)nn1. The number of benzene rings is 1. The van der Waals surface area contributed by atoms with Crippen molar-refractivity contribution in [3.63, 3.8) is 0 Å². The zero-order valence-corrected chi connectivity index (χ0v) is 20.7. The Morgan fingerprint density at radius 2 is 1.92 bits per heavy atom. The number of hydrogen-bond acceptors (Lipinski definition) is 6. The number of nitrogens with one attached hydrogen (secondary N) is 1. The Hall–Kier alpha value is -3.43. The molecular formula is C27H30F3N5O2. The van der Waals surface area contributed by atoms with Crippen molar-refractivity contribution >= 4 is 11.7 Å². The predicted molar refractivity (Wildman–Crippen MR) is 132 cm³/mol. The Kier molecular flexibility index (Phi) is 6.92. The topological polar surface area (TPSA) is 84.2 Å². The van der Waals surface area contributed by atoms with Gasteiger partial charge in [0.05, 0.1) is 0 Å². The molecule has 0 unspecified atom stereocenters. The highest BCUT2D eigenvalue weighted by atomic mass is 19.3. The van der Waals surface area contributed by atoms with Crippen molar-refractivity contribution < 1.29 is 22.5 Å². The average molecular weight is 514 g/mol. The fraction of sp³-hybridized carbons (Fsp3) is 0.481. The molecule has 3 aromatic rings. The number of unbranched alkanes of at least 4 members (excludes halogenated alkanes) is 2. The molecule has 10 heteroatoms. The number of rotatable bonds is 10. The quantitative estimate of drug-likeness (QED) is 0.364. The van der Waals surface area contributed by atoms with Crippen molar-refractivity contribution in [1.29, 1.82) is 0 Å². The van der Waals surface area contributed by atoms with Crippen LogP contribution < -0.4 is 10.2 Å². The summed E-state index contributed by atoms with van der Waals surface area (Å²) in [6.45, 7) is 0.778. The number of anilines is 1. The van der Waals surface area contributed by atoms with Gasteiger partial charge in [0.1, 0.15) is 17.3 Å². The van der Waals surface area contributed by atoms with Crippen molar-refractivity contribution in [2.24, 2.45) is 5.41 Å². The zero-order valence-electron chi connectivity index (χ0n) is 20.7. The summed E-state index contributed by atoms with van der Waals surface area (Å²) >= 11 is 0. The highest BCUT2D eigenvalue weighted by Gasteiger charge is 2.61. The second-order valence-electron chi connectivity index (χ2n) is 10.5. The van der Waals surface area contributed by atoms with E-state index >= 15 is 0 Å². The molecule has 1 spiro atoms. The van der Waals surface area contributed by atoms with E-state index in [4.69, 9.17) is 4.52 Å².